The minimum Gasteiger partial charge on any atom is -0.497 e. The highest BCUT2D eigenvalue weighted by Gasteiger charge is 2.32. The van der Waals surface area contributed by atoms with Crippen LogP contribution in [0.25, 0.3) is 0 Å². The van der Waals surface area contributed by atoms with E-state index in [2.05, 4.69) is 10.2 Å². The van der Waals surface area contributed by atoms with Gasteiger partial charge in [0, 0.05) is 31.0 Å². The Morgan fingerprint density at radius 1 is 1.24 bits per heavy atom. The number of aromatic nitrogens is 2. The lowest BCUT2D eigenvalue weighted by molar-refractivity contribution is 0.285. The molecule has 1 fully saturated rings. The molecule has 0 atom stereocenters. The topological polar surface area (TPSA) is 85.5 Å². The fourth-order valence-corrected chi connectivity index (χ4v) is 4.40. The van der Waals surface area contributed by atoms with Crippen LogP contribution in [0.1, 0.15) is 50.3 Å². The predicted molar refractivity (Wildman–Crippen MR) is 92.1 cm³/mol. The molecule has 25 heavy (non-hydrogen) atoms. The molecular weight excluding hydrogens is 342 g/mol. The van der Waals surface area contributed by atoms with Crippen LogP contribution in [0.4, 0.5) is 0 Å². The van der Waals surface area contributed by atoms with E-state index in [0.29, 0.717) is 43.5 Å². The monoisotopic (exact) mass is 365 g/mol. The maximum absolute atomic E-state index is 12.8. The number of piperidine rings is 1. The third-order valence-electron chi connectivity index (χ3n) is 4.43. The SMILES string of the molecule is COc1cccc(S(=O)(=O)N2CCC(c3nnc(C(C)C)o3)CC2)c1. The smallest absolute Gasteiger partial charge is 0.243 e. The fourth-order valence-electron chi connectivity index (χ4n) is 2.90. The van der Waals surface area contributed by atoms with E-state index in [4.69, 9.17) is 9.15 Å². The van der Waals surface area contributed by atoms with Gasteiger partial charge in [-0.05, 0) is 25.0 Å². The molecule has 0 unspecified atom stereocenters. The van der Waals surface area contributed by atoms with Crippen LogP contribution in [0.5, 0.6) is 5.75 Å². The Bertz CT molecular complexity index is 824. The lowest BCUT2D eigenvalue weighted by Gasteiger charge is -2.29. The summed E-state index contributed by atoms with van der Waals surface area (Å²) < 4.78 is 38.0. The molecule has 3 rings (SSSR count). The zero-order valence-electron chi connectivity index (χ0n) is 14.7. The van der Waals surface area contributed by atoms with Gasteiger partial charge in [-0.1, -0.05) is 19.9 Å². The lowest BCUT2D eigenvalue weighted by Crippen LogP contribution is -2.37. The average molecular weight is 365 g/mol. The van der Waals surface area contributed by atoms with Crippen molar-refractivity contribution in [2.24, 2.45) is 0 Å². The Morgan fingerprint density at radius 3 is 2.56 bits per heavy atom. The first-order valence-electron chi connectivity index (χ1n) is 8.39. The van der Waals surface area contributed by atoms with Crippen LogP contribution in [0.3, 0.4) is 0 Å². The lowest BCUT2D eigenvalue weighted by atomic mass is 9.98. The zero-order valence-corrected chi connectivity index (χ0v) is 15.5. The second-order valence-corrected chi connectivity index (χ2v) is 8.43. The molecular formula is C17H23N3O4S. The van der Waals surface area contributed by atoms with Gasteiger partial charge in [0.05, 0.1) is 12.0 Å². The molecule has 1 aromatic heterocycles. The maximum atomic E-state index is 12.8. The van der Waals surface area contributed by atoms with Crippen molar-refractivity contribution < 1.29 is 17.6 Å². The molecule has 0 amide bonds. The standard InChI is InChI=1S/C17H23N3O4S/c1-12(2)16-18-19-17(24-16)13-7-9-20(10-8-13)25(21,22)15-6-4-5-14(11-15)23-3/h4-6,11-13H,7-10H2,1-3H3. The van der Waals surface area contributed by atoms with Gasteiger partial charge in [-0.2, -0.15) is 4.31 Å². The van der Waals surface area contributed by atoms with Gasteiger partial charge in [-0.3, -0.25) is 0 Å². The fraction of sp³-hybridized carbons (Fsp3) is 0.529. The third kappa shape index (κ3) is 3.69. The number of nitrogens with zero attached hydrogens (tertiary/aromatic N) is 3. The summed E-state index contributed by atoms with van der Waals surface area (Å²) in [4.78, 5) is 0.255. The molecule has 0 spiro atoms. The summed E-state index contributed by atoms with van der Waals surface area (Å²) in [6.45, 7) is 4.87. The highest BCUT2D eigenvalue weighted by atomic mass is 32.2. The molecule has 1 saturated heterocycles. The molecule has 8 heteroatoms. The van der Waals surface area contributed by atoms with Crippen LogP contribution in [0.2, 0.25) is 0 Å². The number of hydrogen-bond donors (Lipinski definition) is 0. The zero-order chi connectivity index (χ0) is 18.0. The molecule has 0 radical (unpaired) electrons. The molecule has 0 N–H and O–H groups in total. The molecule has 1 aromatic carbocycles. The highest BCUT2D eigenvalue weighted by molar-refractivity contribution is 7.89. The van der Waals surface area contributed by atoms with Gasteiger partial charge >= 0.3 is 0 Å². The molecule has 7 nitrogen and oxygen atoms in total. The Hall–Kier alpha value is -1.93. The molecule has 1 aliphatic rings. The minimum atomic E-state index is -3.52. The van der Waals surface area contributed by atoms with Crippen molar-refractivity contribution in [3.05, 3.63) is 36.0 Å². The second-order valence-electron chi connectivity index (χ2n) is 6.49. The van der Waals surface area contributed by atoms with Crippen LogP contribution in [0, 0.1) is 0 Å². The molecule has 2 heterocycles. The first-order chi connectivity index (χ1) is 11.9. The molecule has 0 bridgehead atoms. The maximum Gasteiger partial charge on any atom is 0.243 e. The van der Waals surface area contributed by atoms with E-state index in [1.807, 2.05) is 13.8 Å². The van der Waals surface area contributed by atoms with Crippen LogP contribution < -0.4 is 4.74 Å². The highest BCUT2D eigenvalue weighted by Crippen LogP contribution is 2.31. The average Bonchev–Trinajstić information content (AvgIpc) is 3.12. The van der Waals surface area contributed by atoms with E-state index < -0.39 is 10.0 Å². The quantitative estimate of drug-likeness (QED) is 0.810. The van der Waals surface area contributed by atoms with Gasteiger partial charge in [0.15, 0.2) is 0 Å². The number of hydrogen-bond acceptors (Lipinski definition) is 6. The van der Waals surface area contributed by atoms with E-state index in [9.17, 15) is 8.42 Å². The Balaban J connectivity index is 1.70. The summed E-state index contributed by atoms with van der Waals surface area (Å²) in [6, 6.07) is 6.56. The van der Waals surface area contributed by atoms with Crippen molar-refractivity contribution in [2.45, 2.75) is 43.4 Å². The van der Waals surface area contributed by atoms with Gasteiger partial charge in [0.25, 0.3) is 0 Å². The van der Waals surface area contributed by atoms with E-state index in [0.717, 1.165) is 0 Å². The first-order valence-corrected chi connectivity index (χ1v) is 9.83. The summed E-state index contributed by atoms with van der Waals surface area (Å²) in [5.74, 6) is 2.07. The van der Waals surface area contributed by atoms with E-state index in [1.54, 1.807) is 24.3 Å². The predicted octanol–water partition coefficient (Wildman–Crippen LogP) is 2.77. The molecule has 136 valence electrons. The van der Waals surface area contributed by atoms with Crippen molar-refractivity contribution in [3.8, 4) is 5.75 Å². The first kappa shape index (κ1) is 17.9. The van der Waals surface area contributed by atoms with Crippen LogP contribution in [-0.2, 0) is 10.0 Å². The summed E-state index contributed by atoms with van der Waals surface area (Å²) in [5, 5.41) is 8.19. The molecule has 0 aliphatic carbocycles. The second kappa shape index (κ2) is 7.13. The van der Waals surface area contributed by atoms with Gasteiger partial charge in [0.1, 0.15) is 5.75 Å². The minimum absolute atomic E-state index is 0.108. The summed E-state index contributed by atoms with van der Waals surface area (Å²) in [7, 11) is -2.00. The van der Waals surface area contributed by atoms with E-state index in [-0.39, 0.29) is 16.7 Å². The van der Waals surface area contributed by atoms with Crippen molar-refractivity contribution in [3.63, 3.8) is 0 Å². The van der Waals surface area contributed by atoms with Gasteiger partial charge in [0.2, 0.25) is 21.8 Å². The largest absolute Gasteiger partial charge is 0.497 e. The van der Waals surface area contributed by atoms with Crippen LogP contribution >= 0.6 is 0 Å². The third-order valence-corrected chi connectivity index (χ3v) is 6.33. The van der Waals surface area contributed by atoms with Crippen molar-refractivity contribution in [1.82, 2.24) is 14.5 Å². The van der Waals surface area contributed by atoms with Gasteiger partial charge < -0.3 is 9.15 Å². The number of benzene rings is 1. The summed E-state index contributed by atoms with van der Waals surface area (Å²) >= 11 is 0. The van der Waals surface area contributed by atoms with Crippen molar-refractivity contribution >= 4 is 10.0 Å². The summed E-state index contributed by atoms with van der Waals surface area (Å²) in [6.07, 6.45) is 1.34. The van der Waals surface area contributed by atoms with E-state index >= 15 is 0 Å². The number of methoxy groups -OCH3 is 1. The normalized spacial score (nSPS) is 17.1. The Kier molecular flexibility index (Phi) is 5.10. The Morgan fingerprint density at radius 2 is 1.96 bits per heavy atom. The number of ether oxygens (including phenoxy) is 1. The molecule has 1 aliphatic heterocycles. The van der Waals surface area contributed by atoms with Crippen LogP contribution in [-0.4, -0.2) is 43.1 Å². The van der Waals surface area contributed by atoms with E-state index in [1.165, 1.54) is 11.4 Å². The molecule has 0 saturated carbocycles. The van der Waals surface area contributed by atoms with Crippen molar-refractivity contribution in [1.29, 1.82) is 0 Å². The number of rotatable bonds is 5. The number of sulfonamides is 1. The molecule has 2 aromatic rings. The summed E-state index contributed by atoms with van der Waals surface area (Å²) in [5.41, 5.74) is 0. The van der Waals surface area contributed by atoms with Crippen molar-refractivity contribution in [2.75, 3.05) is 20.2 Å². The van der Waals surface area contributed by atoms with Gasteiger partial charge in [-0.25, -0.2) is 8.42 Å². The van der Waals surface area contributed by atoms with Crippen LogP contribution in [0.15, 0.2) is 33.6 Å². The Labute approximate surface area is 148 Å². The van der Waals surface area contributed by atoms with Gasteiger partial charge in [-0.15, -0.1) is 10.2 Å².